The quantitative estimate of drug-likeness (QED) is 0.128. The lowest BCUT2D eigenvalue weighted by Crippen LogP contribution is -2.65. The molecule has 3 aliphatic rings. The molecule has 19 heteroatoms. The second-order valence-corrected chi connectivity index (χ2v) is 10.0. The fourth-order valence-electron chi connectivity index (χ4n) is 5.44. The first-order valence-electron chi connectivity index (χ1n) is 13.4. The molecule has 2 heterocycles. The number of esters is 3. The van der Waals surface area contributed by atoms with E-state index >= 15 is 0 Å². The van der Waals surface area contributed by atoms with Crippen LogP contribution < -0.4 is 0 Å². The Morgan fingerprint density at radius 3 is 1.93 bits per heavy atom. The van der Waals surface area contributed by atoms with Gasteiger partial charge in [0, 0.05) is 41.1 Å². The summed E-state index contributed by atoms with van der Waals surface area (Å²) in [6.07, 6.45) is -9.89. The van der Waals surface area contributed by atoms with E-state index in [1.54, 1.807) is 24.3 Å². The first-order chi connectivity index (χ1) is 21.2. The van der Waals surface area contributed by atoms with Gasteiger partial charge in [-0.05, 0) is 23.0 Å². The van der Waals surface area contributed by atoms with Gasteiger partial charge in [-0.15, -0.1) is 0 Å². The van der Waals surface area contributed by atoms with Gasteiger partial charge in [0.25, 0.3) is 0 Å². The summed E-state index contributed by atoms with van der Waals surface area (Å²) in [7, 11) is 0. The van der Waals surface area contributed by atoms with Crippen molar-refractivity contribution in [1.82, 2.24) is 0 Å². The molecule has 0 spiro atoms. The van der Waals surface area contributed by atoms with Gasteiger partial charge in [-0.2, -0.15) is 0 Å². The zero-order valence-electron chi connectivity index (χ0n) is 23.8. The van der Waals surface area contributed by atoms with E-state index < -0.39 is 85.2 Å². The van der Waals surface area contributed by atoms with Crippen LogP contribution in [-0.2, 0) is 47.5 Å². The topological polar surface area (TPSA) is 262 Å². The maximum Gasteiger partial charge on any atom is 0.303 e. The van der Waals surface area contributed by atoms with E-state index in [0.29, 0.717) is 5.56 Å². The third-order valence-corrected chi connectivity index (χ3v) is 7.05. The minimum Gasteiger partial charge on any atom is -0.459 e. The molecule has 234 valence electrons. The number of fused-ring (bicyclic) bond motifs is 1. The van der Waals surface area contributed by atoms with E-state index in [-0.39, 0.29) is 13.0 Å². The highest BCUT2D eigenvalue weighted by Crippen LogP contribution is 2.39. The lowest BCUT2D eigenvalue weighted by Gasteiger charge is -2.50. The maximum atomic E-state index is 12.2. The van der Waals surface area contributed by atoms with Crippen LogP contribution in [0.5, 0.6) is 0 Å². The summed E-state index contributed by atoms with van der Waals surface area (Å²) in [5.74, 6) is -2.32. The molecule has 0 radical (unpaired) electrons. The minimum absolute atomic E-state index is 0.0578. The smallest absolute Gasteiger partial charge is 0.303 e. The monoisotopic (exact) mass is 615 g/mol. The molecule has 19 nitrogen and oxygen atoms in total. The van der Waals surface area contributed by atoms with E-state index in [1.165, 1.54) is 0 Å². The highest BCUT2D eigenvalue weighted by Gasteiger charge is 2.55. The van der Waals surface area contributed by atoms with Crippen molar-refractivity contribution in [2.75, 3.05) is 6.61 Å². The number of hydrogen-bond acceptors (Lipinski definition) is 13. The summed E-state index contributed by atoms with van der Waals surface area (Å²) < 4.78 is 40.8. The molecule has 5 unspecified atom stereocenters. The van der Waals surface area contributed by atoms with Crippen LogP contribution in [0.3, 0.4) is 0 Å². The molecule has 3 fully saturated rings. The van der Waals surface area contributed by atoms with E-state index in [4.69, 9.17) is 38.7 Å². The molecule has 4 rings (SSSR count). The van der Waals surface area contributed by atoms with Crippen molar-refractivity contribution < 1.29 is 47.5 Å². The molecular weight excluding hydrogens is 586 g/mol. The molecule has 11 atom stereocenters. The number of rotatable bonds is 9. The van der Waals surface area contributed by atoms with Crippen molar-refractivity contribution in [3.8, 4) is 0 Å². The van der Waals surface area contributed by atoms with Crippen molar-refractivity contribution >= 4 is 17.9 Å². The van der Waals surface area contributed by atoms with Crippen molar-refractivity contribution in [2.45, 2.75) is 94.5 Å². The Morgan fingerprint density at radius 1 is 0.773 bits per heavy atom. The highest BCUT2D eigenvalue weighted by molar-refractivity contribution is 5.67. The third-order valence-electron chi connectivity index (χ3n) is 7.05. The van der Waals surface area contributed by atoms with Crippen LogP contribution in [-0.4, -0.2) is 85.6 Å². The zero-order chi connectivity index (χ0) is 31.8. The Morgan fingerprint density at radius 2 is 1.34 bits per heavy atom. The molecule has 1 saturated carbocycles. The number of benzene rings is 1. The van der Waals surface area contributed by atoms with E-state index in [1.807, 2.05) is 6.07 Å². The number of hydrogen-bond donors (Lipinski definition) is 0. The molecule has 1 aromatic carbocycles. The highest BCUT2D eigenvalue weighted by atomic mass is 16.8. The summed E-state index contributed by atoms with van der Waals surface area (Å²) >= 11 is 0. The lowest BCUT2D eigenvalue weighted by atomic mass is 9.84. The van der Waals surface area contributed by atoms with Gasteiger partial charge >= 0.3 is 17.9 Å². The van der Waals surface area contributed by atoms with Gasteiger partial charge in [0.15, 0.2) is 18.7 Å². The third kappa shape index (κ3) is 7.48. The summed E-state index contributed by atoms with van der Waals surface area (Å²) in [6, 6.07) is 5.32. The first kappa shape index (κ1) is 32.3. The van der Waals surface area contributed by atoms with Crippen LogP contribution in [0, 0.1) is 0 Å². The maximum absolute atomic E-state index is 12.2. The van der Waals surface area contributed by atoms with Gasteiger partial charge < -0.3 is 33.2 Å². The molecule has 0 aromatic heterocycles. The SMILES string of the molecule is CC(=O)OC1[C@H](O[C@H]2OC3COC(c4ccccc4)O[C@H]3[C@H](OC(C)=O)C2N=[N+]=[N-])C(N=[N+]=[N-])C[C@@H](N=[N+]=[N-])[C@H]1OC(C)=O. The van der Waals surface area contributed by atoms with Gasteiger partial charge in [0.1, 0.15) is 36.6 Å². The summed E-state index contributed by atoms with van der Waals surface area (Å²) in [6.45, 7) is 3.29. The van der Waals surface area contributed by atoms with E-state index in [9.17, 15) is 25.4 Å². The van der Waals surface area contributed by atoms with E-state index in [2.05, 4.69) is 30.1 Å². The Hall–Kier alpha value is -4.60. The van der Waals surface area contributed by atoms with Crippen molar-refractivity contribution in [2.24, 2.45) is 15.3 Å². The van der Waals surface area contributed by atoms with Crippen LogP contribution in [0.2, 0.25) is 0 Å². The summed E-state index contributed by atoms with van der Waals surface area (Å²) in [5, 5.41) is 11.2. The average Bonchev–Trinajstić information content (AvgIpc) is 2.98. The number of azide groups is 3. The Balaban J connectivity index is 1.71. The predicted molar refractivity (Wildman–Crippen MR) is 144 cm³/mol. The Kier molecular flexibility index (Phi) is 10.8. The van der Waals surface area contributed by atoms with Crippen molar-refractivity contribution in [1.29, 1.82) is 0 Å². The minimum atomic E-state index is -1.51. The fourth-order valence-corrected chi connectivity index (χ4v) is 5.44. The summed E-state index contributed by atoms with van der Waals surface area (Å²) in [4.78, 5) is 44.9. The van der Waals surface area contributed by atoms with Crippen molar-refractivity contribution in [3.05, 3.63) is 67.2 Å². The first-order valence-corrected chi connectivity index (χ1v) is 13.4. The number of carbonyl (C=O) groups is 3. The second-order valence-electron chi connectivity index (χ2n) is 10.0. The van der Waals surface area contributed by atoms with Gasteiger partial charge in [-0.1, -0.05) is 45.7 Å². The van der Waals surface area contributed by atoms with Gasteiger partial charge in [-0.3, -0.25) is 14.4 Å². The second kappa shape index (κ2) is 14.7. The Bertz CT molecular complexity index is 1370. The van der Waals surface area contributed by atoms with Crippen LogP contribution >= 0.6 is 0 Å². The molecule has 0 N–H and O–H groups in total. The molecule has 1 aromatic rings. The van der Waals surface area contributed by atoms with Crippen LogP contribution in [0.1, 0.15) is 39.0 Å². The number of carbonyl (C=O) groups excluding carboxylic acids is 3. The van der Waals surface area contributed by atoms with Crippen LogP contribution in [0.25, 0.3) is 31.3 Å². The van der Waals surface area contributed by atoms with Crippen molar-refractivity contribution in [3.63, 3.8) is 0 Å². The molecule has 0 amide bonds. The molecule has 1 aliphatic carbocycles. The molecule has 2 aliphatic heterocycles. The standard InChI is InChI=1S/C25H29N9O10/c1-11(35)39-19-15(29-32-26)9-16(30-33-27)20(23(19)41-13(3)37)43-25-18(31-34-28)22(40-12(2)36)21-17(42-25)10-38-24(44-21)14-7-5-4-6-8-14/h4-8,15-25H,9-10H2,1-3H3/t15-,16?,17?,18?,19-,20-,21-,22-,23?,24?,25-/m1/s1. The lowest BCUT2D eigenvalue weighted by molar-refractivity contribution is -0.352. The normalized spacial score (nSPS) is 34.4. The Labute approximate surface area is 249 Å². The predicted octanol–water partition coefficient (Wildman–Crippen LogP) is 3.45. The van der Waals surface area contributed by atoms with E-state index in [0.717, 1.165) is 20.8 Å². The van der Waals surface area contributed by atoms with Crippen LogP contribution in [0.4, 0.5) is 0 Å². The van der Waals surface area contributed by atoms with Gasteiger partial charge in [-0.25, -0.2) is 0 Å². The van der Waals surface area contributed by atoms with Gasteiger partial charge in [0.2, 0.25) is 0 Å². The molecule has 44 heavy (non-hydrogen) atoms. The number of ether oxygens (including phenoxy) is 7. The summed E-state index contributed by atoms with van der Waals surface area (Å²) in [5.41, 5.74) is 28.6. The molecule has 2 saturated heterocycles. The number of nitrogens with zero attached hydrogens (tertiary/aromatic N) is 9. The zero-order valence-corrected chi connectivity index (χ0v) is 23.8. The molecule has 0 bridgehead atoms. The molecular formula is C25H29N9O10. The van der Waals surface area contributed by atoms with Crippen LogP contribution in [0.15, 0.2) is 45.7 Å². The van der Waals surface area contributed by atoms with Gasteiger partial charge in [0.05, 0.1) is 18.7 Å². The average molecular weight is 616 g/mol. The largest absolute Gasteiger partial charge is 0.459 e. The fraction of sp³-hybridized carbons (Fsp3) is 0.640.